The Morgan fingerprint density at radius 2 is 1.53 bits per heavy atom. The minimum absolute atomic E-state index is 0.0412. The standard InChI is InChI=1S/C23H26N4O5/c1-29-17-8-4-5-9-18(17)32-15-20(28)26-11-13-27(14-12-26)23-24-16-7-6-10-19(30-2)21(16)22(25-23)31-3/h4-10H,11-15H2,1-3H3. The maximum atomic E-state index is 12.6. The lowest BCUT2D eigenvalue weighted by molar-refractivity contribution is -0.133. The first-order valence-corrected chi connectivity index (χ1v) is 10.3. The Morgan fingerprint density at radius 1 is 0.844 bits per heavy atom. The van der Waals surface area contributed by atoms with Gasteiger partial charge in [-0.25, -0.2) is 4.98 Å². The molecular weight excluding hydrogens is 412 g/mol. The zero-order valence-electron chi connectivity index (χ0n) is 18.4. The Balaban J connectivity index is 1.41. The van der Waals surface area contributed by atoms with Crippen molar-refractivity contribution in [2.24, 2.45) is 0 Å². The third-order valence-electron chi connectivity index (χ3n) is 5.39. The van der Waals surface area contributed by atoms with Crippen LogP contribution in [0.25, 0.3) is 10.9 Å². The predicted molar refractivity (Wildman–Crippen MR) is 120 cm³/mol. The van der Waals surface area contributed by atoms with Crippen LogP contribution in [0.1, 0.15) is 0 Å². The van der Waals surface area contributed by atoms with Crippen LogP contribution in [0.2, 0.25) is 0 Å². The molecule has 1 fully saturated rings. The number of aromatic nitrogens is 2. The number of piperazine rings is 1. The number of anilines is 1. The number of rotatable bonds is 7. The van der Waals surface area contributed by atoms with E-state index in [0.717, 1.165) is 10.9 Å². The number of hydrogen-bond donors (Lipinski definition) is 0. The minimum atomic E-state index is -0.0719. The second kappa shape index (κ2) is 9.59. The summed E-state index contributed by atoms with van der Waals surface area (Å²) < 4.78 is 21.9. The molecule has 0 unspecified atom stereocenters. The number of carbonyl (C=O) groups is 1. The molecule has 0 bridgehead atoms. The summed E-state index contributed by atoms with van der Waals surface area (Å²) in [6.45, 7) is 2.28. The van der Waals surface area contributed by atoms with E-state index >= 15 is 0 Å². The lowest BCUT2D eigenvalue weighted by atomic mass is 10.2. The van der Waals surface area contributed by atoms with E-state index in [0.29, 0.717) is 55.3 Å². The lowest BCUT2D eigenvalue weighted by Gasteiger charge is -2.34. The third-order valence-corrected chi connectivity index (χ3v) is 5.39. The first-order valence-electron chi connectivity index (χ1n) is 10.3. The molecular formula is C23H26N4O5. The summed E-state index contributed by atoms with van der Waals surface area (Å²) in [6.07, 6.45) is 0. The van der Waals surface area contributed by atoms with Crippen molar-refractivity contribution in [3.05, 3.63) is 42.5 Å². The Labute approximate surface area is 186 Å². The number of carbonyl (C=O) groups excluding carboxylic acids is 1. The number of amides is 1. The number of benzene rings is 2. The van der Waals surface area contributed by atoms with Gasteiger partial charge < -0.3 is 28.7 Å². The molecule has 1 aliphatic rings. The molecule has 1 aromatic heterocycles. The molecule has 4 rings (SSSR count). The van der Waals surface area contributed by atoms with Crippen molar-refractivity contribution in [1.82, 2.24) is 14.9 Å². The Morgan fingerprint density at radius 3 is 2.22 bits per heavy atom. The number of nitrogens with zero attached hydrogens (tertiary/aromatic N) is 4. The van der Waals surface area contributed by atoms with E-state index in [-0.39, 0.29) is 12.5 Å². The van der Waals surface area contributed by atoms with Crippen LogP contribution in [0.15, 0.2) is 42.5 Å². The maximum Gasteiger partial charge on any atom is 0.260 e. The molecule has 2 aromatic carbocycles. The molecule has 32 heavy (non-hydrogen) atoms. The zero-order valence-corrected chi connectivity index (χ0v) is 18.4. The van der Waals surface area contributed by atoms with Crippen LogP contribution in [-0.4, -0.2) is 74.9 Å². The van der Waals surface area contributed by atoms with Crippen molar-refractivity contribution in [2.75, 3.05) is 59.0 Å². The third kappa shape index (κ3) is 4.32. The average Bonchev–Trinajstić information content (AvgIpc) is 2.86. The Bertz CT molecular complexity index is 1100. The second-order valence-electron chi connectivity index (χ2n) is 7.19. The SMILES string of the molecule is COc1ccccc1OCC(=O)N1CCN(c2nc(OC)c3c(OC)cccc3n2)CC1. The molecule has 2 heterocycles. The van der Waals surface area contributed by atoms with Gasteiger partial charge in [0.25, 0.3) is 5.91 Å². The summed E-state index contributed by atoms with van der Waals surface area (Å²) in [5.74, 6) is 2.78. The van der Waals surface area contributed by atoms with Crippen molar-refractivity contribution < 1.29 is 23.7 Å². The van der Waals surface area contributed by atoms with Crippen molar-refractivity contribution in [3.8, 4) is 23.1 Å². The first kappa shape index (κ1) is 21.5. The molecule has 0 aliphatic carbocycles. The van der Waals surface area contributed by atoms with Crippen molar-refractivity contribution in [3.63, 3.8) is 0 Å². The van der Waals surface area contributed by atoms with Gasteiger partial charge in [-0.1, -0.05) is 18.2 Å². The molecule has 1 aliphatic heterocycles. The summed E-state index contributed by atoms with van der Waals surface area (Å²) in [5, 5.41) is 0.739. The van der Waals surface area contributed by atoms with E-state index in [9.17, 15) is 4.79 Å². The predicted octanol–water partition coefficient (Wildman–Crippen LogP) is 2.38. The van der Waals surface area contributed by atoms with Crippen LogP contribution in [0.3, 0.4) is 0 Å². The number of ether oxygens (including phenoxy) is 4. The van der Waals surface area contributed by atoms with Crippen LogP contribution < -0.4 is 23.8 Å². The van der Waals surface area contributed by atoms with Crippen LogP contribution in [0.4, 0.5) is 5.95 Å². The van der Waals surface area contributed by atoms with Gasteiger partial charge in [0, 0.05) is 26.2 Å². The normalized spacial score (nSPS) is 13.7. The molecule has 0 N–H and O–H groups in total. The van der Waals surface area contributed by atoms with Crippen LogP contribution in [0.5, 0.6) is 23.1 Å². The Hall–Kier alpha value is -3.75. The molecule has 3 aromatic rings. The number of fused-ring (bicyclic) bond motifs is 1. The van der Waals surface area contributed by atoms with Crippen LogP contribution in [-0.2, 0) is 4.79 Å². The van der Waals surface area contributed by atoms with Gasteiger partial charge in [0.1, 0.15) is 11.1 Å². The topological polar surface area (TPSA) is 86.3 Å². The smallest absolute Gasteiger partial charge is 0.260 e. The van der Waals surface area contributed by atoms with E-state index in [1.165, 1.54) is 0 Å². The Kier molecular flexibility index (Phi) is 6.44. The van der Waals surface area contributed by atoms with E-state index < -0.39 is 0 Å². The lowest BCUT2D eigenvalue weighted by Crippen LogP contribution is -2.50. The van der Waals surface area contributed by atoms with Crippen LogP contribution >= 0.6 is 0 Å². The molecule has 0 atom stereocenters. The zero-order chi connectivity index (χ0) is 22.5. The fraction of sp³-hybridized carbons (Fsp3) is 0.348. The van der Waals surface area contributed by atoms with Crippen molar-refractivity contribution in [2.45, 2.75) is 0 Å². The number of hydrogen-bond acceptors (Lipinski definition) is 8. The summed E-state index contributed by atoms with van der Waals surface area (Å²) in [6, 6.07) is 12.9. The van der Waals surface area contributed by atoms with Gasteiger partial charge >= 0.3 is 0 Å². The molecule has 1 saturated heterocycles. The largest absolute Gasteiger partial charge is 0.496 e. The fourth-order valence-electron chi connectivity index (χ4n) is 3.69. The molecule has 168 valence electrons. The van der Waals surface area contributed by atoms with Gasteiger partial charge in [-0.3, -0.25) is 4.79 Å². The van der Waals surface area contributed by atoms with Crippen molar-refractivity contribution >= 4 is 22.8 Å². The summed E-state index contributed by atoms with van der Waals surface area (Å²) >= 11 is 0. The van der Waals surface area contributed by atoms with Gasteiger partial charge in [-0.05, 0) is 24.3 Å². The molecule has 9 heteroatoms. The van der Waals surface area contributed by atoms with Gasteiger partial charge in [0.15, 0.2) is 18.1 Å². The van der Waals surface area contributed by atoms with Gasteiger partial charge in [0.2, 0.25) is 11.8 Å². The monoisotopic (exact) mass is 438 g/mol. The molecule has 0 radical (unpaired) electrons. The van der Waals surface area contributed by atoms with Crippen molar-refractivity contribution in [1.29, 1.82) is 0 Å². The fourth-order valence-corrected chi connectivity index (χ4v) is 3.69. The molecule has 0 saturated carbocycles. The number of methoxy groups -OCH3 is 3. The second-order valence-corrected chi connectivity index (χ2v) is 7.19. The first-order chi connectivity index (χ1) is 15.6. The van der Waals surface area contributed by atoms with E-state index in [2.05, 4.69) is 4.98 Å². The van der Waals surface area contributed by atoms with Gasteiger partial charge in [0.05, 0.1) is 26.8 Å². The molecule has 1 amide bonds. The summed E-state index contributed by atoms with van der Waals surface area (Å²) in [5.41, 5.74) is 0.745. The van der Waals surface area contributed by atoms with E-state index in [4.69, 9.17) is 23.9 Å². The summed E-state index contributed by atoms with van der Waals surface area (Å²) in [4.78, 5) is 25.8. The molecule has 0 spiro atoms. The van der Waals surface area contributed by atoms with E-state index in [1.807, 2.05) is 35.2 Å². The highest BCUT2D eigenvalue weighted by Gasteiger charge is 2.24. The maximum absolute atomic E-state index is 12.6. The van der Waals surface area contributed by atoms with Gasteiger partial charge in [-0.15, -0.1) is 0 Å². The van der Waals surface area contributed by atoms with Crippen LogP contribution in [0, 0.1) is 0 Å². The average molecular weight is 438 g/mol. The minimum Gasteiger partial charge on any atom is -0.496 e. The highest BCUT2D eigenvalue weighted by Crippen LogP contribution is 2.33. The highest BCUT2D eigenvalue weighted by atomic mass is 16.5. The van der Waals surface area contributed by atoms with E-state index in [1.54, 1.807) is 38.4 Å². The quantitative estimate of drug-likeness (QED) is 0.556. The number of para-hydroxylation sites is 2. The van der Waals surface area contributed by atoms with Gasteiger partial charge in [-0.2, -0.15) is 4.98 Å². The highest BCUT2D eigenvalue weighted by molar-refractivity contribution is 5.90. The summed E-state index contributed by atoms with van der Waals surface area (Å²) in [7, 11) is 4.76. The molecule has 9 nitrogen and oxygen atoms in total.